The minimum absolute atomic E-state index is 0.0638. The summed E-state index contributed by atoms with van der Waals surface area (Å²) in [5.74, 6) is 1.46. The van der Waals surface area contributed by atoms with Crippen molar-refractivity contribution < 1.29 is 14.3 Å². The van der Waals surface area contributed by atoms with E-state index in [-0.39, 0.29) is 18.0 Å². The molecule has 0 fully saturated rings. The maximum Gasteiger partial charge on any atom is 0.238 e. The molecule has 0 radical (unpaired) electrons. The summed E-state index contributed by atoms with van der Waals surface area (Å²) in [5, 5.41) is 3.37. The van der Waals surface area contributed by atoms with Crippen LogP contribution in [0, 0.1) is 0 Å². The van der Waals surface area contributed by atoms with E-state index in [2.05, 4.69) is 12.2 Å². The number of nitrogens with zero attached hydrogens (tertiary/aromatic N) is 1. The van der Waals surface area contributed by atoms with Gasteiger partial charge in [-0.25, -0.2) is 0 Å². The number of ether oxygens (including phenoxy) is 2. The third-order valence-electron chi connectivity index (χ3n) is 3.48. The van der Waals surface area contributed by atoms with Gasteiger partial charge in [0.05, 0.1) is 20.3 Å². The van der Waals surface area contributed by atoms with Gasteiger partial charge in [0.25, 0.3) is 0 Å². The lowest BCUT2D eigenvalue weighted by molar-refractivity contribution is -0.130. The molecule has 21 heavy (non-hydrogen) atoms. The number of carbonyl (C=O) groups is 1. The maximum atomic E-state index is 12.0. The highest BCUT2D eigenvalue weighted by Crippen LogP contribution is 2.31. The van der Waals surface area contributed by atoms with Gasteiger partial charge >= 0.3 is 0 Å². The van der Waals surface area contributed by atoms with E-state index in [1.165, 1.54) is 0 Å². The molecule has 1 rings (SSSR count). The number of hydrogen-bond acceptors (Lipinski definition) is 4. The van der Waals surface area contributed by atoms with Crippen molar-refractivity contribution in [3.63, 3.8) is 0 Å². The smallest absolute Gasteiger partial charge is 0.238 e. The minimum Gasteiger partial charge on any atom is -0.493 e. The van der Waals surface area contributed by atoms with Gasteiger partial charge in [-0.05, 0) is 31.0 Å². The Balaban J connectivity index is 2.92. The monoisotopic (exact) mass is 294 g/mol. The van der Waals surface area contributed by atoms with Gasteiger partial charge in [-0.1, -0.05) is 13.0 Å². The van der Waals surface area contributed by atoms with Crippen LogP contribution >= 0.6 is 0 Å². The Kier molecular flexibility index (Phi) is 6.49. The van der Waals surface area contributed by atoms with Crippen molar-refractivity contribution in [3.8, 4) is 11.5 Å². The number of likely N-dealkylation sites (N-methyl/N-ethyl adjacent to an activating group) is 1. The Morgan fingerprint density at radius 3 is 2.33 bits per heavy atom. The fourth-order valence-electron chi connectivity index (χ4n) is 2.28. The number of hydrogen-bond donors (Lipinski definition) is 1. The Hall–Kier alpha value is -1.75. The molecule has 5 heteroatoms. The van der Waals surface area contributed by atoms with Gasteiger partial charge in [-0.15, -0.1) is 0 Å². The van der Waals surface area contributed by atoms with Crippen LogP contribution in [0.3, 0.4) is 0 Å². The highest BCUT2D eigenvalue weighted by molar-refractivity contribution is 5.80. The number of methoxy groups -OCH3 is 2. The Labute approximate surface area is 127 Å². The molecule has 1 N–H and O–H groups in total. The molecule has 0 saturated carbocycles. The van der Waals surface area contributed by atoms with Gasteiger partial charge in [0.15, 0.2) is 11.5 Å². The summed E-state index contributed by atoms with van der Waals surface area (Å²) in [4.78, 5) is 13.6. The molecular weight excluding hydrogens is 268 g/mol. The van der Waals surface area contributed by atoms with Crippen molar-refractivity contribution >= 4 is 5.91 Å². The molecule has 1 aromatic carbocycles. The molecule has 5 nitrogen and oxygen atoms in total. The highest BCUT2D eigenvalue weighted by atomic mass is 16.5. The lowest BCUT2D eigenvalue weighted by Crippen LogP contribution is -2.43. The molecule has 0 aliphatic rings. The van der Waals surface area contributed by atoms with Crippen molar-refractivity contribution in [2.24, 2.45) is 0 Å². The van der Waals surface area contributed by atoms with Gasteiger partial charge in [0, 0.05) is 20.1 Å². The number of benzene rings is 1. The normalized spacial score (nSPS) is 13.4. The van der Waals surface area contributed by atoms with Crippen LogP contribution in [-0.2, 0) is 4.79 Å². The van der Waals surface area contributed by atoms with Crippen LogP contribution in [0.2, 0.25) is 0 Å². The van der Waals surface area contributed by atoms with Crippen LogP contribution in [0.1, 0.15) is 31.9 Å². The molecule has 2 atom stereocenters. The van der Waals surface area contributed by atoms with Crippen molar-refractivity contribution in [1.29, 1.82) is 0 Å². The van der Waals surface area contributed by atoms with Gasteiger partial charge in [-0.2, -0.15) is 0 Å². The SMILES string of the molecule is CCC(NC(C)C(=O)N(C)C)c1ccc(OC)c(OC)c1. The molecule has 0 spiro atoms. The number of carbonyl (C=O) groups excluding carboxylic acids is 1. The van der Waals surface area contributed by atoms with Gasteiger partial charge in [0.1, 0.15) is 0 Å². The van der Waals surface area contributed by atoms with Crippen LogP contribution in [0.15, 0.2) is 18.2 Å². The first-order valence-corrected chi connectivity index (χ1v) is 7.13. The summed E-state index contributed by atoms with van der Waals surface area (Å²) in [5.41, 5.74) is 1.08. The zero-order chi connectivity index (χ0) is 16.0. The zero-order valence-electron chi connectivity index (χ0n) is 13.8. The fourth-order valence-corrected chi connectivity index (χ4v) is 2.28. The molecule has 0 bridgehead atoms. The van der Waals surface area contributed by atoms with E-state index in [1.807, 2.05) is 25.1 Å². The quantitative estimate of drug-likeness (QED) is 0.838. The maximum absolute atomic E-state index is 12.0. The second-order valence-corrected chi connectivity index (χ2v) is 5.20. The number of nitrogens with one attached hydrogen (secondary N) is 1. The predicted octanol–water partition coefficient (Wildman–Crippen LogP) is 2.22. The van der Waals surface area contributed by atoms with Crippen LogP contribution in [0.4, 0.5) is 0 Å². The molecule has 0 aliphatic heterocycles. The van der Waals surface area contributed by atoms with E-state index in [9.17, 15) is 4.79 Å². The zero-order valence-corrected chi connectivity index (χ0v) is 13.8. The van der Waals surface area contributed by atoms with E-state index in [1.54, 1.807) is 33.2 Å². The van der Waals surface area contributed by atoms with E-state index in [4.69, 9.17) is 9.47 Å². The van der Waals surface area contributed by atoms with Crippen LogP contribution in [-0.4, -0.2) is 45.2 Å². The number of amides is 1. The first-order chi connectivity index (χ1) is 9.94. The van der Waals surface area contributed by atoms with Gasteiger partial charge < -0.3 is 14.4 Å². The highest BCUT2D eigenvalue weighted by Gasteiger charge is 2.20. The van der Waals surface area contributed by atoms with Crippen molar-refractivity contribution in [3.05, 3.63) is 23.8 Å². The third kappa shape index (κ3) is 4.36. The Morgan fingerprint density at radius 1 is 1.24 bits per heavy atom. The largest absolute Gasteiger partial charge is 0.493 e. The second kappa shape index (κ2) is 7.88. The average molecular weight is 294 g/mol. The van der Waals surface area contributed by atoms with Crippen molar-refractivity contribution in [2.75, 3.05) is 28.3 Å². The molecule has 0 saturated heterocycles. The summed E-state index contributed by atoms with van der Waals surface area (Å²) in [6.45, 7) is 3.97. The number of rotatable bonds is 7. The fraction of sp³-hybridized carbons (Fsp3) is 0.562. The lowest BCUT2D eigenvalue weighted by Gasteiger charge is -2.24. The summed E-state index contributed by atoms with van der Waals surface area (Å²) in [7, 11) is 6.76. The van der Waals surface area contributed by atoms with Crippen LogP contribution in [0.5, 0.6) is 11.5 Å². The second-order valence-electron chi connectivity index (χ2n) is 5.20. The minimum atomic E-state index is -0.238. The lowest BCUT2D eigenvalue weighted by atomic mass is 10.0. The van der Waals surface area contributed by atoms with E-state index in [0.29, 0.717) is 11.5 Å². The summed E-state index contributed by atoms with van der Waals surface area (Å²) in [6.07, 6.45) is 0.876. The topological polar surface area (TPSA) is 50.8 Å². The van der Waals surface area contributed by atoms with E-state index >= 15 is 0 Å². The predicted molar refractivity (Wildman–Crippen MR) is 83.9 cm³/mol. The average Bonchev–Trinajstić information content (AvgIpc) is 2.50. The van der Waals surface area contributed by atoms with Crippen LogP contribution in [0.25, 0.3) is 0 Å². The van der Waals surface area contributed by atoms with Gasteiger partial charge in [0.2, 0.25) is 5.91 Å². The first kappa shape index (κ1) is 17.3. The third-order valence-corrected chi connectivity index (χ3v) is 3.48. The van der Waals surface area contributed by atoms with Gasteiger partial charge in [-0.3, -0.25) is 10.1 Å². The molecule has 1 aromatic rings. The molecule has 118 valence electrons. The summed E-state index contributed by atoms with van der Waals surface area (Å²) < 4.78 is 10.6. The van der Waals surface area contributed by atoms with E-state index < -0.39 is 0 Å². The summed E-state index contributed by atoms with van der Waals surface area (Å²) in [6, 6.07) is 5.68. The molecular formula is C16H26N2O3. The molecule has 0 aromatic heterocycles. The van der Waals surface area contributed by atoms with Crippen molar-refractivity contribution in [2.45, 2.75) is 32.4 Å². The molecule has 2 unspecified atom stereocenters. The van der Waals surface area contributed by atoms with Crippen molar-refractivity contribution in [1.82, 2.24) is 10.2 Å². The Morgan fingerprint density at radius 2 is 1.86 bits per heavy atom. The standard InChI is InChI=1S/C16H26N2O3/c1-7-13(17-11(2)16(19)18(3)4)12-8-9-14(20-5)15(10-12)21-6/h8-11,13,17H,7H2,1-6H3. The molecule has 1 amide bonds. The van der Waals surface area contributed by atoms with Crippen LogP contribution < -0.4 is 14.8 Å². The Bertz CT molecular complexity index is 475. The molecule has 0 heterocycles. The van der Waals surface area contributed by atoms with E-state index in [0.717, 1.165) is 12.0 Å². The first-order valence-electron chi connectivity index (χ1n) is 7.13. The molecule has 0 aliphatic carbocycles. The summed E-state index contributed by atoms with van der Waals surface area (Å²) >= 11 is 0.